The lowest BCUT2D eigenvalue weighted by molar-refractivity contribution is -0.113. The minimum Gasteiger partial charge on any atom is -0.495 e. The summed E-state index contributed by atoms with van der Waals surface area (Å²) in [6.07, 6.45) is 7.71. The first kappa shape index (κ1) is 22.1. The van der Waals surface area contributed by atoms with Gasteiger partial charge in [0.15, 0.2) is 5.16 Å². The molecule has 1 saturated heterocycles. The number of hydrogen-bond acceptors (Lipinski definition) is 7. The van der Waals surface area contributed by atoms with Gasteiger partial charge in [0.25, 0.3) is 0 Å². The van der Waals surface area contributed by atoms with Crippen molar-refractivity contribution >= 4 is 33.4 Å². The molecule has 4 rings (SSSR count). The van der Waals surface area contributed by atoms with E-state index in [0.717, 1.165) is 38.5 Å². The molecule has 0 atom stereocenters. The molecule has 2 aromatic rings. The van der Waals surface area contributed by atoms with Crippen molar-refractivity contribution in [3.05, 3.63) is 24.5 Å². The van der Waals surface area contributed by atoms with E-state index in [1.807, 2.05) is 4.57 Å². The minimum absolute atomic E-state index is 0.137. The van der Waals surface area contributed by atoms with Crippen LogP contribution in [-0.2, 0) is 14.8 Å². The van der Waals surface area contributed by atoms with Crippen molar-refractivity contribution in [3.63, 3.8) is 0 Å². The van der Waals surface area contributed by atoms with Crippen molar-refractivity contribution in [2.75, 3.05) is 31.3 Å². The fourth-order valence-electron chi connectivity index (χ4n) is 3.63. The smallest absolute Gasteiger partial charge is 0.243 e. The highest BCUT2D eigenvalue weighted by Crippen LogP contribution is 2.37. The largest absolute Gasteiger partial charge is 0.495 e. The summed E-state index contributed by atoms with van der Waals surface area (Å²) in [6, 6.07) is 5.02. The van der Waals surface area contributed by atoms with Crippen LogP contribution in [0.25, 0.3) is 0 Å². The van der Waals surface area contributed by atoms with E-state index in [9.17, 15) is 13.2 Å². The molecule has 1 aromatic heterocycles. The molecule has 1 aliphatic heterocycles. The van der Waals surface area contributed by atoms with E-state index >= 15 is 0 Å². The highest BCUT2D eigenvalue weighted by molar-refractivity contribution is 7.99. The van der Waals surface area contributed by atoms with E-state index in [-0.39, 0.29) is 16.6 Å². The van der Waals surface area contributed by atoms with Crippen molar-refractivity contribution in [1.82, 2.24) is 19.1 Å². The van der Waals surface area contributed by atoms with Crippen LogP contribution < -0.4 is 10.1 Å². The molecular formula is C20H27N5O4S2. The van der Waals surface area contributed by atoms with Gasteiger partial charge in [0.1, 0.15) is 12.1 Å². The molecular weight excluding hydrogens is 438 g/mol. The Kier molecular flexibility index (Phi) is 6.83. The summed E-state index contributed by atoms with van der Waals surface area (Å²) < 4.78 is 35.1. The van der Waals surface area contributed by atoms with Crippen molar-refractivity contribution in [3.8, 4) is 5.75 Å². The number of anilines is 1. The zero-order valence-electron chi connectivity index (χ0n) is 17.5. The van der Waals surface area contributed by atoms with E-state index in [0.29, 0.717) is 35.7 Å². The van der Waals surface area contributed by atoms with E-state index in [2.05, 4.69) is 15.5 Å². The number of methoxy groups -OCH3 is 1. The monoisotopic (exact) mass is 465 g/mol. The number of rotatable bonds is 8. The Morgan fingerprint density at radius 1 is 1.23 bits per heavy atom. The average Bonchev–Trinajstić information content (AvgIpc) is 3.55. The second-order valence-electron chi connectivity index (χ2n) is 7.77. The van der Waals surface area contributed by atoms with E-state index in [1.165, 1.54) is 35.3 Å². The highest BCUT2D eigenvalue weighted by Gasteiger charge is 2.27. The van der Waals surface area contributed by atoms with Gasteiger partial charge in [0.2, 0.25) is 15.9 Å². The van der Waals surface area contributed by atoms with Crippen molar-refractivity contribution in [2.24, 2.45) is 0 Å². The molecule has 0 bridgehead atoms. The Labute approximate surface area is 186 Å². The molecule has 9 nitrogen and oxygen atoms in total. The number of sulfonamides is 1. The van der Waals surface area contributed by atoms with Crippen LogP contribution in [0.4, 0.5) is 5.69 Å². The molecule has 2 heterocycles. The summed E-state index contributed by atoms with van der Waals surface area (Å²) in [5, 5.41) is 11.5. The number of aromatic nitrogens is 3. The van der Waals surface area contributed by atoms with Gasteiger partial charge in [-0.05, 0) is 43.9 Å². The fraction of sp³-hybridized carbons (Fsp3) is 0.550. The normalized spacial score (nSPS) is 17.8. The first-order chi connectivity index (χ1) is 15.0. The summed E-state index contributed by atoms with van der Waals surface area (Å²) in [6.45, 7) is 1.04. The highest BCUT2D eigenvalue weighted by atomic mass is 32.2. The third-order valence-corrected chi connectivity index (χ3v) is 8.31. The van der Waals surface area contributed by atoms with Gasteiger partial charge in [-0.25, -0.2) is 8.42 Å². The Hall–Kier alpha value is -2.11. The SMILES string of the molecule is COc1ccc(S(=O)(=O)N2CCCCCC2)cc1NC(=O)CSc1nncn1C1CC1. The lowest BCUT2D eigenvalue weighted by Crippen LogP contribution is -2.32. The molecule has 31 heavy (non-hydrogen) atoms. The summed E-state index contributed by atoms with van der Waals surface area (Å²) in [7, 11) is -2.14. The van der Waals surface area contributed by atoms with Gasteiger partial charge in [-0.15, -0.1) is 10.2 Å². The zero-order chi connectivity index (χ0) is 21.8. The van der Waals surface area contributed by atoms with Crippen molar-refractivity contribution in [1.29, 1.82) is 0 Å². The average molecular weight is 466 g/mol. The van der Waals surface area contributed by atoms with E-state index in [1.54, 1.807) is 12.4 Å². The van der Waals surface area contributed by atoms with Crippen LogP contribution in [0.5, 0.6) is 5.75 Å². The van der Waals surface area contributed by atoms with Crippen LogP contribution in [0.15, 0.2) is 34.6 Å². The molecule has 1 aliphatic carbocycles. The zero-order valence-corrected chi connectivity index (χ0v) is 19.1. The van der Waals surface area contributed by atoms with Gasteiger partial charge >= 0.3 is 0 Å². The number of hydrogen-bond donors (Lipinski definition) is 1. The van der Waals surface area contributed by atoms with Crippen LogP contribution in [0.2, 0.25) is 0 Å². The number of amides is 1. The topological polar surface area (TPSA) is 106 Å². The molecule has 168 valence electrons. The molecule has 1 amide bonds. The van der Waals surface area contributed by atoms with E-state index in [4.69, 9.17) is 4.74 Å². The van der Waals surface area contributed by atoms with Gasteiger partial charge in [0, 0.05) is 19.1 Å². The standard InChI is InChI=1S/C20H27N5O4S2/c1-29-18-9-8-16(31(27,28)24-10-4-2-3-5-11-24)12-17(18)22-19(26)13-30-20-23-21-14-25(20)15-6-7-15/h8-9,12,14-15H,2-7,10-11,13H2,1H3,(H,22,26). The number of nitrogens with one attached hydrogen (secondary N) is 1. The van der Waals surface area contributed by atoms with Crippen molar-refractivity contribution in [2.45, 2.75) is 54.6 Å². The van der Waals surface area contributed by atoms with Gasteiger partial charge in [-0.1, -0.05) is 24.6 Å². The van der Waals surface area contributed by atoms with Crippen LogP contribution in [0.1, 0.15) is 44.6 Å². The Bertz CT molecular complexity index is 1030. The molecule has 1 N–H and O–H groups in total. The maximum Gasteiger partial charge on any atom is 0.243 e. The molecule has 2 fully saturated rings. The second-order valence-corrected chi connectivity index (χ2v) is 10.6. The quantitative estimate of drug-likeness (QED) is 0.598. The number of ether oxygens (including phenoxy) is 1. The predicted octanol–water partition coefficient (Wildman–Crippen LogP) is 2.92. The van der Waals surface area contributed by atoms with E-state index < -0.39 is 10.0 Å². The Balaban J connectivity index is 1.46. The minimum atomic E-state index is -3.62. The fourth-order valence-corrected chi connectivity index (χ4v) is 5.96. The molecule has 2 aliphatic rings. The molecule has 11 heteroatoms. The van der Waals surface area contributed by atoms with Gasteiger partial charge in [-0.2, -0.15) is 4.31 Å². The maximum atomic E-state index is 13.1. The lowest BCUT2D eigenvalue weighted by Gasteiger charge is -2.21. The number of nitrogens with zero attached hydrogens (tertiary/aromatic N) is 4. The molecule has 1 saturated carbocycles. The molecule has 0 spiro atoms. The van der Waals surface area contributed by atoms with Gasteiger partial charge < -0.3 is 14.6 Å². The summed E-state index contributed by atoms with van der Waals surface area (Å²) in [5.41, 5.74) is 0.340. The number of benzene rings is 1. The first-order valence-corrected chi connectivity index (χ1v) is 12.9. The van der Waals surface area contributed by atoms with Crippen LogP contribution in [0.3, 0.4) is 0 Å². The number of carbonyl (C=O) groups excluding carboxylic acids is 1. The molecule has 0 radical (unpaired) electrons. The summed E-state index contributed by atoms with van der Waals surface area (Å²) >= 11 is 1.31. The molecule has 0 unspecified atom stereocenters. The third kappa shape index (κ3) is 5.21. The molecule has 1 aromatic carbocycles. The van der Waals surface area contributed by atoms with Crippen molar-refractivity contribution < 1.29 is 17.9 Å². The Morgan fingerprint density at radius 2 is 1.97 bits per heavy atom. The van der Waals surface area contributed by atoms with Crippen LogP contribution in [0, 0.1) is 0 Å². The first-order valence-electron chi connectivity index (χ1n) is 10.5. The van der Waals surface area contributed by atoms with Crippen LogP contribution in [-0.4, -0.2) is 59.3 Å². The second kappa shape index (κ2) is 9.58. The summed E-state index contributed by atoms with van der Waals surface area (Å²) in [5.74, 6) is 0.282. The maximum absolute atomic E-state index is 13.1. The van der Waals surface area contributed by atoms with Crippen LogP contribution >= 0.6 is 11.8 Å². The summed E-state index contributed by atoms with van der Waals surface area (Å²) in [4.78, 5) is 12.7. The Morgan fingerprint density at radius 3 is 2.65 bits per heavy atom. The van der Waals surface area contributed by atoms with Gasteiger partial charge in [-0.3, -0.25) is 4.79 Å². The lowest BCUT2D eigenvalue weighted by atomic mass is 10.2. The van der Waals surface area contributed by atoms with Gasteiger partial charge in [0.05, 0.1) is 23.4 Å². The third-order valence-electron chi connectivity index (χ3n) is 5.46. The number of carbonyl (C=O) groups is 1. The number of thioether (sulfide) groups is 1. The predicted molar refractivity (Wildman–Crippen MR) is 118 cm³/mol.